The van der Waals surface area contributed by atoms with Crippen molar-refractivity contribution in [2.75, 3.05) is 0 Å². The van der Waals surface area contributed by atoms with Crippen LogP contribution in [0.15, 0.2) is 43.0 Å². The van der Waals surface area contributed by atoms with Gasteiger partial charge in [-0.05, 0) is 21.9 Å². The molecule has 0 heterocycles. The number of rotatable bonds is 4. The van der Waals surface area contributed by atoms with Crippen LogP contribution in [0.4, 0.5) is 13.2 Å². The number of benzene rings is 2. The normalized spacial score (nSPS) is 12.1. The third-order valence-electron chi connectivity index (χ3n) is 3.17. The summed E-state index contributed by atoms with van der Waals surface area (Å²) in [5.74, 6) is -1.25. The lowest BCUT2D eigenvalue weighted by Gasteiger charge is -2.11. The number of fused-ring (bicyclic) bond motifs is 1. The summed E-state index contributed by atoms with van der Waals surface area (Å²) in [4.78, 5) is 11.7. The van der Waals surface area contributed by atoms with E-state index in [9.17, 15) is 26.4 Å². The second-order valence-corrected chi connectivity index (χ2v) is 6.39. The minimum atomic E-state index is -5.70. The summed E-state index contributed by atoms with van der Waals surface area (Å²) in [5.41, 5.74) is -4.31. The Morgan fingerprint density at radius 1 is 1.13 bits per heavy atom. The number of nitrogens with one attached hydrogen (secondary N) is 1. The van der Waals surface area contributed by atoms with Crippen molar-refractivity contribution in [2.45, 2.75) is 11.9 Å². The molecule has 0 saturated carbocycles. The maximum atomic E-state index is 12.3. The zero-order valence-corrected chi connectivity index (χ0v) is 12.5. The van der Waals surface area contributed by atoms with E-state index in [1.54, 1.807) is 42.5 Å². The van der Waals surface area contributed by atoms with Crippen LogP contribution in [0.3, 0.4) is 0 Å². The summed E-state index contributed by atoms with van der Waals surface area (Å²) in [6, 6.07) is 10.2. The molecule has 122 valence electrons. The lowest BCUT2D eigenvalue weighted by Crippen LogP contribution is -2.40. The predicted octanol–water partition coefficient (Wildman–Crippen LogP) is 2.99. The van der Waals surface area contributed by atoms with Gasteiger partial charge in [-0.1, -0.05) is 49.1 Å². The fourth-order valence-electron chi connectivity index (χ4n) is 2.13. The highest BCUT2D eigenvalue weighted by molar-refractivity contribution is 7.90. The van der Waals surface area contributed by atoms with E-state index in [4.69, 9.17) is 0 Å². The maximum absolute atomic E-state index is 12.3. The molecule has 4 nitrogen and oxygen atoms in total. The first kappa shape index (κ1) is 17.0. The van der Waals surface area contributed by atoms with E-state index >= 15 is 0 Å². The summed E-state index contributed by atoms with van der Waals surface area (Å²) < 4.78 is 59.7. The van der Waals surface area contributed by atoms with Gasteiger partial charge < -0.3 is 0 Å². The molecule has 8 heteroatoms. The van der Waals surface area contributed by atoms with E-state index in [-0.39, 0.29) is 0 Å². The van der Waals surface area contributed by atoms with Gasteiger partial charge in [0.15, 0.2) is 0 Å². The Morgan fingerprint density at radius 3 is 2.30 bits per heavy atom. The van der Waals surface area contributed by atoms with Crippen molar-refractivity contribution >= 4 is 32.8 Å². The number of alkyl halides is 3. The smallest absolute Gasteiger partial charge is 0.274 e. The van der Waals surface area contributed by atoms with Gasteiger partial charge in [0.05, 0.1) is 6.42 Å². The topological polar surface area (TPSA) is 63.2 Å². The van der Waals surface area contributed by atoms with E-state index in [0.717, 1.165) is 15.7 Å². The molecule has 1 amide bonds. The molecule has 0 aliphatic heterocycles. The summed E-state index contributed by atoms with van der Waals surface area (Å²) in [7, 11) is -5.70. The number of halogens is 3. The van der Waals surface area contributed by atoms with Gasteiger partial charge in [-0.2, -0.15) is 21.6 Å². The summed E-state index contributed by atoms with van der Waals surface area (Å²) in [5, 5.41) is 1.41. The molecular weight excluding hydrogens is 331 g/mol. The van der Waals surface area contributed by atoms with Gasteiger partial charge in [0.25, 0.3) is 0 Å². The Labute approximate surface area is 130 Å². The standard InChI is InChI=1S/C15H12F3NO3S/c1-2-10-7-8-11(13-6-4-3-5-12(10)13)9-14(20)19-23(21,22)15(16,17)18/h2-8H,1,9H2,(H,19,20). The highest BCUT2D eigenvalue weighted by atomic mass is 32.2. The third kappa shape index (κ3) is 3.53. The van der Waals surface area contributed by atoms with Gasteiger partial charge in [0.2, 0.25) is 5.91 Å². The molecule has 0 aromatic heterocycles. The number of sulfonamides is 1. The number of hydrogen-bond acceptors (Lipinski definition) is 3. The molecule has 0 bridgehead atoms. The lowest BCUT2D eigenvalue weighted by molar-refractivity contribution is -0.119. The van der Waals surface area contributed by atoms with E-state index in [1.807, 2.05) is 0 Å². The van der Waals surface area contributed by atoms with Crippen molar-refractivity contribution in [3.8, 4) is 0 Å². The Kier molecular flexibility index (Phi) is 4.46. The molecule has 0 aliphatic rings. The molecule has 0 atom stereocenters. The van der Waals surface area contributed by atoms with Gasteiger partial charge >= 0.3 is 15.5 Å². The van der Waals surface area contributed by atoms with Gasteiger partial charge in [-0.15, -0.1) is 0 Å². The van der Waals surface area contributed by atoms with Crippen LogP contribution in [0.5, 0.6) is 0 Å². The zero-order valence-electron chi connectivity index (χ0n) is 11.7. The van der Waals surface area contributed by atoms with Crippen LogP contribution in [0, 0.1) is 0 Å². The predicted molar refractivity (Wildman–Crippen MR) is 80.9 cm³/mol. The zero-order chi connectivity index (χ0) is 17.3. The Hall–Kier alpha value is -2.35. The number of carbonyl (C=O) groups is 1. The molecule has 0 unspecified atom stereocenters. The Balaban J connectivity index is 2.33. The van der Waals surface area contributed by atoms with Gasteiger partial charge in [0.1, 0.15) is 0 Å². The van der Waals surface area contributed by atoms with Crippen molar-refractivity contribution in [3.63, 3.8) is 0 Å². The van der Waals surface area contributed by atoms with E-state index in [2.05, 4.69) is 6.58 Å². The molecule has 0 radical (unpaired) electrons. The highest BCUT2D eigenvalue weighted by Gasteiger charge is 2.46. The third-order valence-corrected chi connectivity index (χ3v) is 4.28. The minimum Gasteiger partial charge on any atom is -0.274 e. The minimum absolute atomic E-state index is 0.418. The van der Waals surface area contributed by atoms with Crippen molar-refractivity contribution < 1.29 is 26.4 Å². The molecule has 23 heavy (non-hydrogen) atoms. The number of carbonyl (C=O) groups excluding carboxylic acids is 1. The van der Waals surface area contributed by atoms with Gasteiger partial charge in [-0.3, -0.25) is 4.79 Å². The summed E-state index contributed by atoms with van der Waals surface area (Å²) in [6.07, 6.45) is 1.12. The second-order valence-electron chi connectivity index (χ2n) is 4.71. The first-order chi connectivity index (χ1) is 10.7. The molecular formula is C15H12F3NO3S. The Bertz CT molecular complexity index is 873. The van der Waals surface area contributed by atoms with Crippen LogP contribution in [0.25, 0.3) is 16.8 Å². The quantitative estimate of drug-likeness (QED) is 0.928. The monoisotopic (exact) mass is 343 g/mol. The molecule has 2 aromatic rings. The van der Waals surface area contributed by atoms with Gasteiger partial charge in [0, 0.05) is 0 Å². The Morgan fingerprint density at radius 2 is 1.74 bits per heavy atom. The average Bonchev–Trinajstić information content (AvgIpc) is 2.46. The molecule has 1 N–H and O–H groups in total. The molecule has 0 spiro atoms. The first-order valence-electron chi connectivity index (χ1n) is 6.40. The number of hydrogen-bond donors (Lipinski definition) is 1. The van der Waals surface area contributed by atoms with Gasteiger partial charge in [-0.25, -0.2) is 4.72 Å². The molecule has 0 aliphatic carbocycles. The average molecular weight is 343 g/mol. The first-order valence-corrected chi connectivity index (χ1v) is 7.89. The van der Waals surface area contributed by atoms with Crippen LogP contribution < -0.4 is 4.72 Å². The molecule has 2 aromatic carbocycles. The maximum Gasteiger partial charge on any atom is 0.516 e. The van der Waals surface area contributed by atoms with Crippen LogP contribution in [0.1, 0.15) is 11.1 Å². The molecule has 0 fully saturated rings. The van der Waals surface area contributed by atoms with Crippen molar-refractivity contribution in [1.82, 2.24) is 4.72 Å². The van der Waals surface area contributed by atoms with Crippen LogP contribution in [0.2, 0.25) is 0 Å². The lowest BCUT2D eigenvalue weighted by atomic mass is 9.98. The van der Waals surface area contributed by atoms with E-state index in [1.165, 1.54) is 0 Å². The highest BCUT2D eigenvalue weighted by Crippen LogP contribution is 2.25. The van der Waals surface area contributed by atoms with Crippen LogP contribution in [-0.4, -0.2) is 19.8 Å². The van der Waals surface area contributed by atoms with Crippen molar-refractivity contribution in [1.29, 1.82) is 0 Å². The molecule has 0 saturated heterocycles. The summed E-state index contributed by atoms with van der Waals surface area (Å²) >= 11 is 0. The van der Waals surface area contributed by atoms with Crippen molar-refractivity contribution in [2.24, 2.45) is 0 Å². The molecule has 2 rings (SSSR count). The van der Waals surface area contributed by atoms with E-state index in [0.29, 0.717) is 10.9 Å². The van der Waals surface area contributed by atoms with Crippen LogP contribution >= 0.6 is 0 Å². The largest absolute Gasteiger partial charge is 0.516 e. The van der Waals surface area contributed by atoms with E-state index < -0.39 is 27.9 Å². The summed E-state index contributed by atoms with van der Waals surface area (Å²) in [6.45, 7) is 3.66. The second kappa shape index (κ2) is 6.04. The fourth-order valence-corrected chi connectivity index (χ4v) is 2.62. The fraction of sp³-hybridized carbons (Fsp3) is 0.133. The van der Waals surface area contributed by atoms with Crippen LogP contribution in [-0.2, 0) is 21.2 Å². The number of amides is 1. The SMILES string of the molecule is C=Cc1ccc(CC(=O)NS(=O)(=O)C(F)(F)F)c2ccccc12. The van der Waals surface area contributed by atoms with Crippen molar-refractivity contribution in [3.05, 3.63) is 54.1 Å².